The second-order valence-electron chi connectivity index (χ2n) is 4.53. The largest absolute Gasteiger partial charge is 0.486 e. The maximum absolute atomic E-state index is 8.84. The monoisotopic (exact) mass is 302 g/mol. The Hall–Kier alpha value is -1.90. The third-order valence-corrected chi connectivity index (χ3v) is 4.11. The fourth-order valence-electron chi connectivity index (χ4n) is 1.92. The lowest BCUT2D eigenvalue weighted by molar-refractivity contribution is 0.181. The van der Waals surface area contributed by atoms with Crippen LogP contribution in [0.25, 0.3) is 0 Å². The van der Waals surface area contributed by atoms with Crippen molar-refractivity contribution in [3.05, 3.63) is 45.4 Å². The molecule has 2 aromatic rings. The van der Waals surface area contributed by atoms with E-state index >= 15 is 0 Å². The molecule has 5 heteroatoms. The van der Waals surface area contributed by atoms with Crippen molar-refractivity contribution in [1.29, 1.82) is 5.26 Å². The van der Waals surface area contributed by atoms with Gasteiger partial charge in [-0.1, -0.05) is 19.1 Å². The van der Waals surface area contributed by atoms with Crippen LogP contribution >= 0.6 is 11.3 Å². The predicted molar refractivity (Wildman–Crippen MR) is 82.3 cm³/mol. The first kappa shape index (κ1) is 15.5. The van der Waals surface area contributed by atoms with E-state index in [1.807, 2.05) is 12.1 Å². The zero-order valence-corrected chi connectivity index (χ0v) is 13.1. The predicted octanol–water partition coefficient (Wildman–Crippen LogP) is 3.50. The standard InChI is InChI=1S/C16H18N2O2S/c1-3-12-4-6-13(7-5-12)20-11-16-18-14(10-19-2)15(21-16)8-9-17/h4-7H,3,8,10-11H2,1-2H3. The molecule has 21 heavy (non-hydrogen) atoms. The molecule has 0 aliphatic heterocycles. The Labute approximate surface area is 129 Å². The van der Waals surface area contributed by atoms with Gasteiger partial charge in [0.25, 0.3) is 0 Å². The lowest BCUT2D eigenvalue weighted by Gasteiger charge is -2.04. The van der Waals surface area contributed by atoms with Crippen LogP contribution in [0.2, 0.25) is 0 Å². The number of methoxy groups -OCH3 is 1. The van der Waals surface area contributed by atoms with Crippen LogP contribution in [0.5, 0.6) is 5.75 Å². The van der Waals surface area contributed by atoms with Crippen LogP contribution in [0.1, 0.15) is 28.1 Å². The maximum atomic E-state index is 8.84. The Morgan fingerprint density at radius 1 is 1.24 bits per heavy atom. The highest BCUT2D eigenvalue weighted by atomic mass is 32.1. The molecule has 0 radical (unpaired) electrons. The molecular formula is C16H18N2O2S. The van der Waals surface area contributed by atoms with Gasteiger partial charge in [0, 0.05) is 12.0 Å². The van der Waals surface area contributed by atoms with Gasteiger partial charge in [-0.2, -0.15) is 5.26 Å². The highest BCUT2D eigenvalue weighted by molar-refractivity contribution is 7.11. The first-order chi connectivity index (χ1) is 10.3. The van der Waals surface area contributed by atoms with Crippen molar-refractivity contribution in [3.8, 4) is 11.8 Å². The van der Waals surface area contributed by atoms with E-state index in [0.717, 1.165) is 27.7 Å². The molecular weight excluding hydrogens is 284 g/mol. The van der Waals surface area contributed by atoms with Crippen LogP contribution in [-0.4, -0.2) is 12.1 Å². The summed E-state index contributed by atoms with van der Waals surface area (Å²) in [4.78, 5) is 5.44. The summed E-state index contributed by atoms with van der Waals surface area (Å²) in [5, 5.41) is 9.70. The molecule has 0 saturated heterocycles. The fraction of sp³-hybridized carbons (Fsp3) is 0.375. The topological polar surface area (TPSA) is 55.1 Å². The summed E-state index contributed by atoms with van der Waals surface area (Å²) in [5.41, 5.74) is 2.12. The summed E-state index contributed by atoms with van der Waals surface area (Å²) < 4.78 is 10.9. The number of aryl methyl sites for hydroxylation is 1. The van der Waals surface area contributed by atoms with Gasteiger partial charge in [-0.3, -0.25) is 0 Å². The summed E-state index contributed by atoms with van der Waals surface area (Å²) in [7, 11) is 1.63. The molecule has 0 amide bonds. The number of thiazole rings is 1. The van der Waals surface area contributed by atoms with E-state index in [-0.39, 0.29) is 0 Å². The van der Waals surface area contributed by atoms with E-state index in [1.54, 1.807) is 7.11 Å². The number of nitrogens with zero attached hydrogens (tertiary/aromatic N) is 2. The second-order valence-corrected chi connectivity index (χ2v) is 5.70. The van der Waals surface area contributed by atoms with Crippen LogP contribution in [0.3, 0.4) is 0 Å². The molecule has 110 valence electrons. The molecule has 2 rings (SSSR count). The highest BCUT2D eigenvalue weighted by Gasteiger charge is 2.11. The minimum absolute atomic E-state index is 0.363. The first-order valence-corrected chi connectivity index (χ1v) is 7.63. The summed E-state index contributed by atoms with van der Waals surface area (Å²) in [6.45, 7) is 2.97. The van der Waals surface area contributed by atoms with Gasteiger partial charge in [0.05, 0.1) is 24.8 Å². The van der Waals surface area contributed by atoms with Crippen molar-refractivity contribution < 1.29 is 9.47 Å². The lowest BCUT2D eigenvalue weighted by atomic mass is 10.2. The van der Waals surface area contributed by atoms with Gasteiger partial charge in [-0.15, -0.1) is 11.3 Å². The second kappa shape index (κ2) is 7.77. The number of nitriles is 1. The molecule has 1 aromatic heterocycles. The van der Waals surface area contributed by atoms with Crippen molar-refractivity contribution in [2.45, 2.75) is 33.0 Å². The number of ether oxygens (including phenoxy) is 2. The molecule has 0 aliphatic rings. The minimum Gasteiger partial charge on any atom is -0.486 e. The van der Waals surface area contributed by atoms with Crippen molar-refractivity contribution in [2.24, 2.45) is 0 Å². The zero-order chi connectivity index (χ0) is 15.1. The molecule has 0 spiro atoms. The van der Waals surface area contributed by atoms with Crippen molar-refractivity contribution in [3.63, 3.8) is 0 Å². The van der Waals surface area contributed by atoms with Gasteiger partial charge in [0.2, 0.25) is 0 Å². The van der Waals surface area contributed by atoms with E-state index in [0.29, 0.717) is 19.6 Å². The van der Waals surface area contributed by atoms with Crippen molar-refractivity contribution >= 4 is 11.3 Å². The number of rotatable bonds is 7. The van der Waals surface area contributed by atoms with Gasteiger partial charge >= 0.3 is 0 Å². The van der Waals surface area contributed by atoms with Crippen LogP contribution in [0.4, 0.5) is 0 Å². The van der Waals surface area contributed by atoms with Gasteiger partial charge < -0.3 is 9.47 Å². The normalized spacial score (nSPS) is 10.3. The van der Waals surface area contributed by atoms with Crippen LogP contribution < -0.4 is 4.74 Å². The Balaban J connectivity index is 2.01. The highest BCUT2D eigenvalue weighted by Crippen LogP contribution is 2.22. The molecule has 0 unspecified atom stereocenters. The van der Waals surface area contributed by atoms with E-state index in [9.17, 15) is 0 Å². The van der Waals surface area contributed by atoms with E-state index in [1.165, 1.54) is 16.9 Å². The van der Waals surface area contributed by atoms with Gasteiger partial charge in [0.15, 0.2) is 0 Å². The van der Waals surface area contributed by atoms with E-state index in [4.69, 9.17) is 14.7 Å². The molecule has 1 heterocycles. The van der Waals surface area contributed by atoms with Gasteiger partial charge in [-0.05, 0) is 24.1 Å². The van der Waals surface area contributed by atoms with E-state index < -0.39 is 0 Å². The Morgan fingerprint density at radius 2 is 2.00 bits per heavy atom. The van der Waals surface area contributed by atoms with E-state index in [2.05, 4.69) is 30.1 Å². The smallest absolute Gasteiger partial charge is 0.140 e. The third kappa shape index (κ3) is 4.28. The number of benzene rings is 1. The molecule has 0 N–H and O–H groups in total. The molecule has 0 saturated carbocycles. The summed E-state index contributed by atoms with van der Waals surface area (Å²) in [6, 6.07) is 10.2. The molecule has 0 aliphatic carbocycles. The number of aromatic nitrogens is 1. The SMILES string of the molecule is CCc1ccc(OCc2nc(COC)c(CC#N)s2)cc1. The summed E-state index contributed by atoms with van der Waals surface area (Å²) in [6.07, 6.45) is 1.38. The Bertz CT molecular complexity index is 614. The van der Waals surface area contributed by atoms with Crippen LogP contribution in [-0.2, 0) is 30.8 Å². The molecule has 0 atom stereocenters. The number of hydrogen-bond acceptors (Lipinski definition) is 5. The third-order valence-electron chi connectivity index (χ3n) is 3.04. The molecule has 0 fully saturated rings. The van der Waals surface area contributed by atoms with Gasteiger partial charge in [0.1, 0.15) is 17.4 Å². The summed E-state index contributed by atoms with van der Waals surface area (Å²) >= 11 is 1.51. The van der Waals surface area contributed by atoms with Gasteiger partial charge in [-0.25, -0.2) is 4.98 Å². The Kier molecular flexibility index (Phi) is 5.73. The average molecular weight is 302 g/mol. The molecule has 1 aromatic carbocycles. The fourth-order valence-corrected chi connectivity index (χ4v) is 2.84. The lowest BCUT2D eigenvalue weighted by Crippen LogP contribution is -1.96. The first-order valence-electron chi connectivity index (χ1n) is 6.82. The Morgan fingerprint density at radius 3 is 2.62 bits per heavy atom. The van der Waals surface area contributed by atoms with Crippen LogP contribution in [0.15, 0.2) is 24.3 Å². The number of hydrogen-bond donors (Lipinski definition) is 0. The average Bonchev–Trinajstić information content (AvgIpc) is 2.89. The zero-order valence-electron chi connectivity index (χ0n) is 12.3. The van der Waals surface area contributed by atoms with Crippen molar-refractivity contribution in [2.75, 3.05) is 7.11 Å². The van der Waals surface area contributed by atoms with Crippen LogP contribution in [0, 0.1) is 11.3 Å². The molecule has 4 nitrogen and oxygen atoms in total. The quantitative estimate of drug-likeness (QED) is 0.785. The molecule has 0 bridgehead atoms. The maximum Gasteiger partial charge on any atom is 0.140 e. The summed E-state index contributed by atoms with van der Waals surface area (Å²) in [5.74, 6) is 0.831. The van der Waals surface area contributed by atoms with Crippen molar-refractivity contribution in [1.82, 2.24) is 4.98 Å². The minimum atomic E-state index is 0.363.